The van der Waals surface area contributed by atoms with Crippen molar-refractivity contribution in [1.82, 2.24) is 25.0 Å². The summed E-state index contributed by atoms with van der Waals surface area (Å²) in [6.45, 7) is 0. The van der Waals surface area contributed by atoms with Crippen LogP contribution in [-0.2, 0) is 4.74 Å². The second-order valence-electron chi connectivity index (χ2n) is 8.97. The average Bonchev–Trinajstić information content (AvgIpc) is 3.38. The Hall–Kier alpha value is -4.45. The fourth-order valence-electron chi connectivity index (χ4n) is 4.63. The molecule has 1 fully saturated rings. The van der Waals surface area contributed by atoms with Crippen molar-refractivity contribution in [2.24, 2.45) is 0 Å². The number of carbonyl (C=O) groups is 1. The summed E-state index contributed by atoms with van der Waals surface area (Å²) < 4.78 is 17.5. The standard InChI is InChI=1S/C26H29N7O5/c1-27-18-14-19(29-17-9-6-12-33(26(17)35)20-10-5-11-21(31-20)37-3)30-23-22(18)32-38-24(23)25(34)28-15-7-4-8-16(13-15)36-2/h5-6,9-12,14-16,27H,4,7-8,13H2,1-3H3,(H,28,34)(H,29,30)/t15?,16-/m1/s1. The van der Waals surface area contributed by atoms with E-state index < -0.39 is 5.91 Å². The van der Waals surface area contributed by atoms with Crippen molar-refractivity contribution in [3.8, 4) is 11.7 Å². The highest BCUT2D eigenvalue weighted by Crippen LogP contribution is 2.29. The van der Waals surface area contributed by atoms with E-state index in [0.29, 0.717) is 28.7 Å². The largest absolute Gasteiger partial charge is 0.481 e. The minimum atomic E-state index is -0.396. The molecule has 0 aliphatic heterocycles. The van der Waals surface area contributed by atoms with E-state index >= 15 is 0 Å². The SMILES string of the molecule is CNc1cc(Nc2cccn(-c3cccc(OC)n3)c2=O)nc2c(C(=O)NC3CCC[C@@H](OC)C3)onc12. The number of hydrogen-bond acceptors (Lipinski definition) is 10. The summed E-state index contributed by atoms with van der Waals surface area (Å²) in [7, 11) is 4.92. The van der Waals surface area contributed by atoms with Crippen LogP contribution in [0.25, 0.3) is 16.9 Å². The van der Waals surface area contributed by atoms with Crippen molar-refractivity contribution in [1.29, 1.82) is 0 Å². The lowest BCUT2D eigenvalue weighted by atomic mass is 9.93. The Morgan fingerprint density at radius 3 is 2.76 bits per heavy atom. The molecule has 0 aromatic carbocycles. The third-order valence-corrected chi connectivity index (χ3v) is 6.58. The first-order valence-corrected chi connectivity index (χ1v) is 12.3. The fraction of sp³-hybridized carbons (Fsp3) is 0.346. The molecule has 4 aromatic heterocycles. The number of carbonyl (C=O) groups excluding carboxylic acids is 1. The first-order chi connectivity index (χ1) is 18.5. The highest BCUT2D eigenvalue weighted by atomic mass is 16.5. The van der Waals surface area contributed by atoms with Gasteiger partial charge in [-0.15, -0.1) is 0 Å². The van der Waals surface area contributed by atoms with Crippen LogP contribution in [0.15, 0.2) is 51.9 Å². The van der Waals surface area contributed by atoms with Gasteiger partial charge in [-0.05, 0) is 43.9 Å². The summed E-state index contributed by atoms with van der Waals surface area (Å²) in [5.74, 6) is 0.749. The Balaban J connectivity index is 1.45. The first-order valence-electron chi connectivity index (χ1n) is 12.3. The number of ether oxygens (including phenoxy) is 2. The molecule has 4 aromatic rings. The van der Waals surface area contributed by atoms with Gasteiger partial charge in [0.15, 0.2) is 5.52 Å². The van der Waals surface area contributed by atoms with E-state index in [4.69, 9.17) is 14.0 Å². The van der Waals surface area contributed by atoms with Gasteiger partial charge in [0, 0.05) is 38.5 Å². The lowest BCUT2D eigenvalue weighted by molar-refractivity contribution is 0.0555. The van der Waals surface area contributed by atoms with E-state index in [9.17, 15) is 9.59 Å². The molecule has 4 heterocycles. The minimum Gasteiger partial charge on any atom is -0.481 e. The summed E-state index contributed by atoms with van der Waals surface area (Å²) in [4.78, 5) is 35.3. The second-order valence-corrected chi connectivity index (χ2v) is 8.97. The Morgan fingerprint density at radius 2 is 1.97 bits per heavy atom. The topological polar surface area (TPSA) is 145 Å². The summed E-state index contributed by atoms with van der Waals surface area (Å²) in [6, 6.07) is 10.2. The predicted molar refractivity (Wildman–Crippen MR) is 142 cm³/mol. The highest BCUT2D eigenvalue weighted by molar-refractivity contribution is 6.05. The molecule has 1 amide bonds. The molecule has 12 heteroatoms. The zero-order valence-electron chi connectivity index (χ0n) is 21.4. The molecule has 38 heavy (non-hydrogen) atoms. The monoisotopic (exact) mass is 519 g/mol. The van der Waals surface area contributed by atoms with Crippen molar-refractivity contribution < 1.29 is 18.8 Å². The molecule has 1 saturated carbocycles. The predicted octanol–water partition coefficient (Wildman–Crippen LogP) is 3.25. The van der Waals surface area contributed by atoms with Gasteiger partial charge in [0.05, 0.1) is 18.9 Å². The normalized spacial score (nSPS) is 17.2. The minimum absolute atomic E-state index is 0.00532. The van der Waals surface area contributed by atoms with Gasteiger partial charge in [-0.1, -0.05) is 11.2 Å². The third-order valence-electron chi connectivity index (χ3n) is 6.58. The van der Waals surface area contributed by atoms with E-state index in [0.717, 1.165) is 25.7 Å². The van der Waals surface area contributed by atoms with Crippen molar-refractivity contribution in [3.63, 3.8) is 0 Å². The average molecular weight is 520 g/mol. The van der Waals surface area contributed by atoms with Crippen LogP contribution in [0.2, 0.25) is 0 Å². The van der Waals surface area contributed by atoms with Crippen LogP contribution in [-0.4, -0.2) is 59.0 Å². The molecule has 2 atom stereocenters. The molecule has 198 valence electrons. The smallest absolute Gasteiger partial charge is 0.292 e. The molecule has 12 nitrogen and oxygen atoms in total. The summed E-state index contributed by atoms with van der Waals surface area (Å²) in [5.41, 5.74) is 1.20. The Morgan fingerprint density at radius 1 is 1.11 bits per heavy atom. The van der Waals surface area contributed by atoms with Crippen LogP contribution >= 0.6 is 0 Å². The van der Waals surface area contributed by atoms with Gasteiger partial charge in [0.2, 0.25) is 11.6 Å². The number of fused-ring (bicyclic) bond motifs is 1. The third kappa shape index (κ3) is 5.02. The number of nitrogens with one attached hydrogen (secondary N) is 3. The van der Waals surface area contributed by atoms with Crippen LogP contribution in [0.1, 0.15) is 36.2 Å². The van der Waals surface area contributed by atoms with E-state index in [1.807, 2.05) is 0 Å². The number of hydrogen-bond donors (Lipinski definition) is 3. The lowest BCUT2D eigenvalue weighted by Crippen LogP contribution is -2.40. The Bertz CT molecular complexity index is 1520. The molecule has 5 rings (SSSR count). The summed E-state index contributed by atoms with van der Waals surface area (Å²) in [6.07, 6.45) is 5.28. The quantitative estimate of drug-likeness (QED) is 0.317. The van der Waals surface area contributed by atoms with Gasteiger partial charge in [0.25, 0.3) is 11.5 Å². The Labute approximate surface area is 218 Å². The van der Waals surface area contributed by atoms with E-state index in [-0.39, 0.29) is 34.7 Å². The molecule has 0 saturated heterocycles. The van der Waals surface area contributed by atoms with Gasteiger partial charge >= 0.3 is 0 Å². The van der Waals surface area contributed by atoms with E-state index in [2.05, 4.69) is 31.1 Å². The number of nitrogens with zero attached hydrogens (tertiary/aromatic N) is 4. The van der Waals surface area contributed by atoms with E-state index in [1.54, 1.807) is 56.8 Å². The van der Waals surface area contributed by atoms with Crippen molar-refractivity contribution >= 4 is 34.1 Å². The van der Waals surface area contributed by atoms with Crippen LogP contribution in [0.5, 0.6) is 5.88 Å². The maximum Gasteiger partial charge on any atom is 0.292 e. The van der Waals surface area contributed by atoms with Crippen LogP contribution in [0.4, 0.5) is 17.2 Å². The van der Waals surface area contributed by atoms with Crippen molar-refractivity contribution in [3.05, 3.63) is 58.7 Å². The number of rotatable bonds is 8. The molecule has 1 aliphatic carbocycles. The van der Waals surface area contributed by atoms with Crippen LogP contribution in [0, 0.1) is 0 Å². The maximum absolute atomic E-state index is 13.3. The van der Waals surface area contributed by atoms with Gasteiger partial charge in [-0.25, -0.2) is 4.98 Å². The number of methoxy groups -OCH3 is 2. The zero-order chi connectivity index (χ0) is 26.6. The highest BCUT2D eigenvalue weighted by Gasteiger charge is 2.27. The van der Waals surface area contributed by atoms with Crippen molar-refractivity contribution in [2.75, 3.05) is 31.9 Å². The van der Waals surface area contributed by atoms with Crippen molar-refractivity contribution in [2.45, 2.75) is 37.8 Å². The lowest BCUT2D eigenvalue weighted by Gasteiger charge is -2.28. The van der Waals surface area contributed by atoms with Gasteiger partial charge in [-0.2, -0.15) is 4.98 Å². The summed E-state index contributed by atoms with van der Waals surface area (Å²) in [5, 5.41) is 13.2. The molecule has 1 aliphatic rings. The molecule has 0 spiro atoms. The van der Waals surface area contributed by atoms with E-state index in [1.165, 1.54) is 11.7 Å². The summed E-state index contributed by atoms with van der Waals surface area (Å²) >= 11 is 0. The number of amides is 1. The first kappa shape index (κ1) is 25.2. The number of aromatic nitrogens is 4. The van der Waals surface area contributed by atoms with Crippen LogP contribution in [0.3, 0.4) is 0 Å². The maximum atomic E-state index is 13.3. The fourth-order valence-corrected chi connectivity index (χ4v) is 4.63. The zero-order valence-corrected chi connectivity index (χ0v) is 21.4. The number of anilines is 3. The van der Waals surface area contributed by atoms with Gasteiger partial charge < -0.3 is 29.9 Å². The number of pyridine rings is 3. The van der Waals surface area contributed by atoms with Gasteiger partial charge in [0.1, 0.15) is 22.8 Å². The van der Waals surface area contributed by atoms with Gasteiger partial charge in [-0.3, -0.25) is 14.2 Å². The molecule has 3 N–H and O–H groups in total. The Kier molecular flexibility index (Phi) is 7.22. The van der Waals surface area contributed by atoms with Crippen LogP contribution < -0.4 is 26.2 Å². The molecular formula is C26H29N7O5. The molecule has 1 unspecified atom stereocenters. The molecule has 0 radical (unpaired) electrons. The second kappa shape index (κ2) is 10.9. The molecule has 0 bridgehead atoms. The molecular weight excluding hydrogens is 490 g/mol.